The van der Waals surface area contributed by atoms with E-state index in [1.807, 2.05) is 6.92 Å². The van der Waals surface area contributed by atoms with Crippen LogP contribution in [0.15, 0.2) is 12.1 Å². The van der Waals surface area contributed by atoms with Crippen molar-refractivity contribution in [2.75, 3.05) is 13.7 Å². The van der Waals surface area contributed by atoms with Gasteiger partial charge in [-0.15, -0.1) is 0 Å². The number of nitrogens with one attached hydrogen (secondary N) is 1. The number of carboxylic acids is 1. The Kier molecular flexibility index (Phi) is 5.13. The topological polar surface area (TPSA) is 84.9 Å². The summed E-state index contributed by atoms with van der Waals surface area (Å²) in [7, 11) is 1.51. The number of rotatable bonds is 7. The second-order valence-electron chi connectivity index (χ2n) is 5.05. The SMILES string of the molecule is CCOc1c(Cl)cc(CNC(=O)[C@@H]2C[C@@H]2C(=O)O)cc1OC. The van der Waals surface area contributed by atoms with Crippen LogP contribution < -0.4 is 14.8 Å². The molecule has 1 aromatic carbocycles. The quantitative estimate of drug-likeness (QED) is 0.801. The zero-order valence-corrected chi connectivity index (χ0v) is 13.1. The van der Waals surface area contributed by atoms with E-state index in [9.17, 15) is 9.59 Å². The van der Waals surface area contributed by atoms with Gasteiger partial charge in [0.25, 0.3) is 0 Å². The number of benzene rings is 1. The van der Waals surface area contributed by atoms with E-state index in [4.69, 9.17) is 26.2 Å². The maximum absolute atomic E-state index is 11.8. The van der Waals surface area contributed by atoms with Crippen molar-refractivity contribution in [3.8, 4) is 11.5 Å². The minimum Gasteiger partial charge on any atom is -0.493 e. The third-order valence-electron chi connectivity index (χ3n) is 3.49. The molecule has 2 rings (SSSR count). The van der Waals surface area contributed by atoms with Crippen molar-refractivity contribution < 1.29 is 24.2 Å². The van der Waals surface area contributed by atoms with Gasteiger partial charge in [0.2, 0.25) is 5.91 Å². The van der Waals surface area contributed by atoms with Gasteiger partial charge in [-0.05, 0) is 31.0 Å². The highest BCUT2D eigenvalue weighted by atomic mass is 35.5. The van der Waals surface area contributed by atoms with Crippen molar-refractivity contribution >= 4 is 23.5 Å². The summed E-state index contributed by atoms with van der Waals surface area (Å²) in [5, 5.41) is 11.9. The summed E-state index contributed by atoms with van der Waals surface area (Å²) in [4.78, 5) is 22.6. The van der Waals surface area contributed by atoms with Crippen LogP contribution in [0.5, 0.6) is 11.5 Å². The molecule has 1 aliphatic carbocycles. The van der Waals surface area contributed by atoms with Crippen LogP contribution in [0.1, 0.15) is 18.9 Å². The van der Waals surface area contributed by atoms with E-state index in [1.165, 1.54) is 7.11 Å². The second kappa shape index (κ2) is 6.87. The van der Waals surface area contributed by atoms with Gasteiger partial charge in [-0.25, -0.2) is 0 Å². The van der Waals surface area contributed by atoms with Crippen LogP contribution in [0.25, 0.3) is 0 Å². The minimum atomic E-state index is -0.925. The lowest BCUT2D eigenvalue weighted by Gasteiger charge is -2.13. The molecule has 1 aliphatic rings. The first-order chi connectivity index (χ1) is 10.5. The van der Waals surface area contributed by atoms with Gasteiger partial charge < -0.3 is 19.9 Å². The summed E-state index contributed by atoms with van der Waals surface area (Å²) in [6, 6.07) is 3.43. The fraction of sp³-hybridized carbons (Fsp3) is 0.467. The molecule has 0 radical (unpaired) electrons. The molecule has 1 amide bonds. The summed E-state index contributed by atoms with van der Waals surface area (Å²) >= 11 is 6.15. The number of methoxy groups -OCH3 is 1. The van der Waals surface area contributed by atoms with Crippen LogP contribution in [0, 0.1) is 11.8 Å². The molecule has 0 unspecified atom stereocenters. The minimum absolute atomic E-state index is 0.253. The predicted octanol–water partition coefficient (Wildman–Crippen LogP) is 2.08. The average Bonchev–Trinajstić information content (AvgIpc) is 3.27. The number of carbonyl (C=O) groups is 2. The Labute approximate surface area is 133 Å². The maximum Gasteiger partial charge on any atom is 0.307 e. The van der Waals surface area contributed by atoms with Crippen LogP contribution in [-0.4, -0.2) is 30.7 Å². The fourth-order valence-corrected chi connectivity index (χ4v) is 2.53. The fourth-order valence-electron chi connectivity index (χ4n) is 2.24. The normalized spacial score (nSPS) is 19.4. The standard InChI is InChI=1S/C15H18ClNO5/c1-3-22-13-11(16)4-8(5-12(13)21-2)7-17-14(18)9-6-10(9)15(19)20/h4-5,9-10H,3,6-7H2,1-2H3,(H,17,18)(H,19,20)/t9-,10+/m1/s1. The number of aliphatic carboxylic acids is 1. The first kappa shape index (κ1) is 16.4. The van der Waals surface area contributed by atoms with Crippen LogP contribution in [-0.2, 0) is 16.1 Å². The highest BCUT2D eigenvalue weighted by Gasteiger charge is 2.48. The molecule has 0 aliphatic heterocycles. The third kappa shape index (κ3) is 3.62. The lowest BCUT2D eigenvalue weighted by molar-refractivity contribution is -0.140. The highest BCUT2D eigenvalue weighted by molar-refractivity contribution is 6.32. The lowest BCUT2D eigenvalue weighted by Crippen LogP contribution is -2.25. The Hall–Kier alpha value is -1.95. The zero-order valence-electron chi connectivity index (χ0n) is 12.4. The molecule has 22 heavy (non-hydrogen) atoms. The molecule has 1 fully saturated rings. The van der Waals surface area contributed by atoms with Crippen LogP contribution in [0.4, 0.5) is 0 Å². The number of halogens is 1. The van der Waals surface area contributed by atoms with Crippen LogP contribution >= 0.6 is 11.6 Å². The molecule has 0 aromatic heterocycles. The van der Waals surface area contributed by atoms with E-state index >= 15 is 0 Å². The molecule has 1 saturated carbocycles. The smallest absolute Gasteiger partial charge is 0.307 e. The van der Waals surface area contributed by atoms with E-state index in [1.54, 1.807) is 12.1 Å². The van der Waals surface area contributed by atoms with E-state index in [2.05, 4.69) is 5.32 Å². The van der Waals surface area contributed by atoms with Gasteiger partial charge in [-0.2, -0.15) is 0 Å². The van der Waals surface area contributed by atoms with Crippen molar-refractivity contribution in [3.05, 3.63) is 22.7 Å². The number of hydrogen-bond donors (Lipinski definition) is 2. The molecule has 120 valence electrons. The summed E-state index contributed by atoms with van der Waals surface area (Å²) in [5.41, 5.74) is 0.756. The maximum atomic E-state index is 11.8. The molecule has 7 heteroatoms. The molecule has 0 heterocycles. The van der Waals surface area contributed by atoms with Crippen LogP contribution in [0.3, 0.4) is 0 Å². The van der Waals surface area contributed by atoms with Crippen molar-refractivity contribution in [2.24, 2.45) is 11.8 Å². The molecule has 0 spiro atoms. The summed E-state index contributed by atoms with van der Waals surface area (Å²) < 4.78 is 10.7. The first-order valence-electron chi connectivity index (χ1n) is 6.97. The Morgan fingerprint density at radius 3 is 2.68 bits per heavy atom. The average molecular weight is 328 g/mol. The van der Waals surface area contributed by atoms with E-state index in [0.717, 1.165) is 5.56 Å². The molecule has 0 saturated heterocycles. The van der Waals surface area contributed by atoms with Crippen molar-refractivity contribution in [1.82, 2.24) is 5.32 Å². The molecule has 1 aromatic rings. The number of hydrogen-bond acceptors (Lipinski definition) is 4. The largest absolute Gasteiger partial charge is 0.493 e. The van der Waals surface area contributed by atoms with Crippen molar-refractivity contribution in [3.63, 3.8) is 0 Å². The Morgan fingerprint density at radius 2 is 2.14 bits per heavy atom. The van der Waals surface area contributed by atoms with Crippen molar-refractivity contribution in [2.45, 2.75) is 19.9 Å². The summed E-state index contributed by atoms with van der Waals surface area (Å²) in [6.07, 6.45) is 0.397. The third-order valence-corrected chi connectivity index (χ3v) is 3.77. The zero-order chi connectivity index (χ0) is 16.3. The predicted molar refractivity (Wildman–Crippen MR) is 80.3 cm³/mol. The van der Waals surface area contributed by atoms with E-state index in [-0.39, 0.29) is 12.5 Å². The molecular weight excluding hydrogens is 310 g/mol. The molecule has 0 bridgehead atoms. The summed E-state index contributed by atoms with van der Waals surface area (Å²) in [6.45, 7) is 2.56. The second-order valence-corrected chi connectivity index (χ2v) is 5.45. The number of carbonyl (C=O) groups excluding carboxylic acids is 1. The Morgan fingerprint density at radius 1 is 1.41 bits per heavy atom. The van der Waals surface area contributed by atoms with E-state index in [0.29, 0.717) is 29.5 Å². The van der Waals surface area contributed by atoms with Gasteiger partial charge in [0.15, 0.2) is 11.5 Å². The molecule has 2 atom stereocenters. The molecule has 2 N–H and O–H groups in total. The van der Waals surface area contributed by atoms with Gasteiger partial charge in [-0.1, -0.05) is 11.6 Å². The van der Waals surface area contributed by atoms with Crippen LogP contribution in [0.2, 0.25) is 5.02 Å². The number of ether oxygens (including phenoxy) is 2. The van der Waals surface area contributed by atoms with Gasteiger partial charge in [0.05, 0.1) is 30.6 Å². The van der Waals surface area contributed by atoms with Gasteiger partial charge in [-0.3, -0.25) is 9.59 Å². The Bertz CT molecular complexity index is 590. The molecular formula is C15H18ClNO5. The number of amides is 1. The lowest BCUT2D eigenvalue weighted by atomic mass is 10.2. The van der Waals surface area contributed by atoms with Crippen molar-refractivity contribution in [1.29, 1.82) is 0 Å². The molecule has 6 nitrogen and oxygen atoms in total. The van der Waals surface area contributed by atoms with Gasteiger partial charge in [0.1, 0.15) is 0 Å². The van der Waals surface area contributed by atoms with E-state index < -0.39 is 17.8 Å². The van der Waals surface area contributed by atoms with Gasteiger partial charge >= 0.3 is 5.97 Å². The number of carboxylic acid groups (broad SMARTS) is 1. The highest BCUT2D eigenvalue weighted by Crippen LogP contribution is 2.39. The Balaban J connectivity index is 2.00. The first-order valence-corrected chi connectivity index (χ1v) is 7.35. The monoisotopic (exact) mass is 327 g/mol. The summed E-state index contributed by atoms with van der Waals surface area (Å²) in [5.74, 6) is -1.21. The van der Waals surface area contributed by atoms with Gasteiger partial charge in [0, 0.05) is 6.54 Å².